The van der Waals surface area contributed by atoms with Gasteiger partial charge in [-0.1, -0.05) is 19.9 Å². The lowest BCUT2D eigenvalue weighted by Crippen LogP contribution is -2.21. The van der Waals surface area contributed by atoms with Crippen molar-refractivity contribution in [3.63, 3.8) is 0 Å². The molecule has 0 radical (unpaired) electrons. The zero-order chi connectivity index (χ0) is 11.6. The van der Waals surface area contributed by atoms with E-state index in [1.165, 1.54) is 4.90 Å². The summed E-state index contributed by atoms with van der Waals surface area (Å²) in [4.78, 5) is 13.1. The van der Waals surface area contributed by atoms with Gasteiger partial charge in [-0.15, -0.1) is 0 Å². The third-order valence-electron chi connectivity index (χ3n) is 2.33. The standard InChI is InChI=1S/C12H17NO2/c1-8(2)9-5-6-10(11(14)7-9)12(15)13(3)4/h5-8,14H,1-4H3. The van der Waals surface area contributed by atoms with Crippen LogP contribution in [0.15, 0.2) is 18.2 Å². The van der Waals surface area contributed by atoms with E-state index >= 15 is 0 Å². The number of benzene rings is 1. The van der Waals surface area contributed by atoms with Gasteiger partial charge in [0.2, 0.25) is 0 Å². The van der Waals surface area contributed by atoms with Crippen LogP contribution in [0.1, 0.15) is 35.7 Å². The van der Waals surface area contributed by atoms with Crippen LogP contribution < -0.4 is 0 Å². The Bertz CT molecular complexity index is 370. The Hall–Kier alpha value is -1.51. The first-order chi connectivity index (χ1) is 6.93. The summed E-state index contributed by atoms with van der Waals surface area (Å²) in [6, 6.07) is 5.20. The molecule has 0 aromatic heterocycles. The Balaban J connectivity index is 3.08. The highest BCUT2D eigenvalue weighted by Crippen LogP contribution is 2.24. The third kappa shape index (κ3) is 2.49. The van der Waals surface area contributed by atoms with Crippen LogP contribution in [-0.4, -0.2) is 30.0 Å². The molecule has 1 amide bonds. The first kappa shape index (κ1) is 11.6. The molecule has 3 heteroatoms. The second-order valence-corrected chi connectivity index (χ2v) is 4.13. The van der Waals surface area contributed by atoms with Gasteiger partial charge in [0.25, 0.3) is 5.91 Å². The fourth-order valence-electron chi connectivity index (χ4n) is 1.33. The lowest BCUT2D eigenvalue weighted by atomic mass is 10.0. The van der Waals surface area contributed by atoms with Gasteiger partial charge in [0, 0.05) is 14.1 Å². The fraction of sp³-hybridized carbons (Fsp3) is 0.417. The quantitative estimate of drug-likeness (QED) is 0.807. The average molecular weight is 207 g/mol. The van der Waals surface area contributed by atoms with E-state index in [-0.39, 0.29) is 11.7 Å². The number of carbonyl (C=O) groups is 1. The molecular weight excluding hydrogens is 190 g/mol. The molecule has 1 aromatic carbocycles. The number of phenolic OH excluding ortho intramolecular Hbond substituents is 1. The van der Waals surface area contributed by atoms with Gasteiger partial charge < -0.3 is 10.0 Å². The summed E-state index contributed by atoms with van der Waals surface area (Å²) in [6.45, 7) is 4.09. The van der Waals surface area contributed by atoms with Gasteiger partial charge in [-0.25, -0.2) is 0 Å². The molecule has 0 aliphatic rings. The first-order valence-corrected chi connectivity index (χ1v) is 4.98. The van der Waals surface area contributed by atoms with Crippen molar-refractivity contribution in [3.8, 4) is 5.75 Å². The van der Waals surface area contributed by atoms with Crippen molar-refractivity contribution in [2.75, 3.05) is 14.1 Å². The van der Waals surface area contributed by atoms with E-state index in [0.717, 1.165) is 5.56 Å². The Kier molecular flexibility index (Phi) is 3.35. The van der Waals surface area contributed by atoms with Crippen molar-refractivity contribution < 1.29 is 9.90 Å². The first-order valence-electron chi connectivity index (χ1n) is 4.98. The smallest absolute Gasteiger partial charge is 0.257 e. The molecule has 0 bridgehead atoms. The molecule has 15 heavy (non-hydrogen) atoms. The van der Waals surface area contributed by atoms with E-state index in [9.17, 15) is 9.90 Å². The maximum absolute atomic E-state index is 11.6. The predicted octanol–water partition coefficient (Wildman–Crippen LogP) is 2.22. The van der Waals surface area contributed by atoms with Crippen LogP contribution in [-0.2, 0) is 0 Å². The molecule has 1 aromatic rings. The van der Waals surface area contributed by atoms with Crippen LogP contribution in [0.25, 0.3) is 0 Å². The van der Waals surface area contributed by atoms with Crippen LogP contribution in [0.4, 0.5) is 0 Å². The van der Waals surface area contributed by atoms with Gasteiger partial charge in [-0.3, -0.25) is 4.79 Å². The number of carbonyl (C=O) groups excluding carboxylic acids is 1. The van der Waals surface area contributed by atoms with Gasteiger partial charge in [0.05, 0.1) is 5.56 Å². The van der Waals surface area contributed by atoms with Crippen molar-refractivity contribution in [1.82, 2.24) is 4.90 Å². The predicted molar refractivity (Wildman–Crippen MR) is 60.2 cm³/mol. The fourth-order valence-corrected chi connectivity index (χ4v) is 1.33. The molecule has 0 spiro atoms. The van der Waals surface area contributed by atoms with E-state index in [1.807, 2.05) is 19.9 Å². The van der Waals surface area contributed by atoms with Crippen LogP contribution >= 0.6 is 0 Å². The van der Waals surface area contributed by atoms with E-state index in [1.54, 1.807) is 26.2 Å². The van der Waals surface area contributed by atoms with E-state index in [0.29, 0.717) is 11.5 Å². The number of amides is 1. The minimum Gasteiger partial charge on any atom is -0.507 e. The molecule has 0 saturated carbocycles. The molecule has 0 unspecified atom stereocenters. The minimum atomic E-state index is -0.178. The molecule has 1 rings (SSSR count). The summed E-state index contributed by atoms with van der Waals surface area (Å²) in [5, 5.41) is 9.71. The zero-order valence-electron chi connectivity index (χ0n) is 9.61. The van der Waals surface area contributed by atoms with Gasteiger partial charge in [-0.2, -0.15) is 0 Å². The molecule has 1 N–H and O–H groups in total. The number of phenols is 1. The molecule has 0 heterocycles. The largest absolute Gasteiger partial charge is 0.507 e. The van der Waals surface area contributed by atoms with E-state index < -0.39 is 0 Å². The Morgan fingerprint density at radius 3 is 2.33 bits per heavy atom. The maximum atomic E-state index is 11.6. The van der Waals surface area contributed by atoms with Crippen molar-refractivity contribution >= 4 is 5.91 Å². The molecule has 3 nitrogen and oxygen atoms in total. The van der Waals surface area contributed by atoms with Gasteiger partial charge in [0.1, 0.15) is 5.75 Å². The van der Waals surface area contributed by atoms with Crippen molar-refractivity contribution in [2.24, 2.45) is 0 Å². The van der Waals surface area contributed by atoms with Crippen LogP contribution in [0.2, 0.25) is 0 Å². The second kappa shape index (κ2) is 4.34. The van der Waals surface area contributed by atoms with Gasteiger partial charge >= 0.3 is 0 Å². The summed E-state index contributed by atoms with van der Waals surface area (Å²) in [6.07, 6.45) is 0. The van der Waals surface area contributed by atoms with Crippen molar-refractivity contribution in [1.29, 1.82) is 0 Å². The molecule has 0 atom stereocenters. The number of hydrogen-bond donors (Lipinski definition) is 1. The Morgan fingerprint density at radius 2 is 1.93 bits per heavy atom. The summed E-state index contributed by atoms with van der Waals surface area (Å²) in [5.74, 6) is 0.224. The Labute approximate surface area is 90.3 Å². The van der Waals surface area contributed by atoms with Crippen molar-refractivity contribution in [2.45, 2.75) is 19.8 Å². The van der Waals surface area contributed by atoms with Crippen LogP contribution in [0, 0.1) is 0 Å². The molecule has 0 aliphatic carbocycles. The number of aromatic hydroxyl groups is 1. The normalized spacial score (nSPS) is 10.5. The van der Waals surface area contributed by atoms with Crippen LogP contribution in [0.5, 0.6) is 5.75 Å². The molecule has 0 saturated heterocycles. The highest BCUT2D eigenvalue weighted by atomic mass is 16.3. The molecule has 0 fully saturated rings. The highest BCUT2D eigenvalue weighted by molar-refractivity contribution is 5.96. The lowest BCUT2D eigenvalue weighted by molar-refractivity contribution is 0.0824. The average Bonchev–Trinajstić information content (AvgIpc) is 2.16. The van der Waals surface area contributed by atoms with Gasteiger partial charge in [0.15, 0.2) is 0 Å². The summed E-state index contributed by atoms with van der Waals surface area (Å²) >= 11 is 0. The summed E-state index contributed by atoms with van der Waals surface area (Å²) in [5.41, 5.74) is 1.38. The van der Waals surface area contributed by atoms with Crippen molar-refractivity contribution in [3.05, 3.63) is 29.3 Å². The highest BCUT2D eigenvalue weighted by Gasteiger charge is 2.13. The number of rotatable bonds is 2. The number of nitrogens with zero attached hydrogens (tertiary/aromatic N) is 1. The topological polar surface area (TPSA) is 40.5 Å². The van der Waals surface area contributed by atoms with Crippen LogP contribution in [0.3, 0.4) is 0 Å². The third-order valence-corrected chi connectivity index (χ3v) is 2.33. The second-order valence-electron chi connectivity index (χ2n) is 4.13. The summed E-state index contributed by atoms with van der Waals surface area (Å²) < 4.78 is 0. The van der Waals surface area contributed by atoms with E-state index in [2.05, 4.69) is 0 Å². The molecular formula is C12H17NO2. The monoisotopic (exact) mass is 207 g/mol. The molecule has 0 aliphatic heterocycles. The SMILES string of the molecule is CC(C)c1ccc(C(=O)N(C)C)c(O)c1. The van der Waals surface area contributed by atoms with Gasteiger partial charge in [-0.05, 0) is 23.6 Å². The maximum Gasteiger partial charge on any atom is 0.257 e. The minimum absolute atomic E-state index is 0.0555. The lowest BCUT2D eigenvalue weighted by Gasteiger charge is -2.13. The molecule has 82 valence electrons. The summed E-state index contributed by atoms with van der Waals surface area (Å²) in [7, 11) is 3.33. The van der Waals surface area contributed by atoms with E-state index in [4.69, 9.17) is 0 Å². The Morgan fingerprint density at radius 1 is 1.33 bits per heavy atom. The number of hydrogen-bond acceptors (Lipinski definition) is 2. The zero-order valence-corrected chi connectivity index (χ0v) is 9.61.